The second kappa shape index (κ2) is 9.64. The number of aromatic hydroxyl groups is 2. The average Bonchev–Trinajstić information content (AvgIpc) is 2.71. The van der Waals surface area contributed by atoms with Gasteiger partial charge in [0.25, 0.3) is 0 Å². The predicted octanol–water partition coefficient (Wildman–Crippen LogP) is 3.18. The lowest BCUT2D eigenvalue weighted by atomic mass is 9.77. The molecule has 2 aromatic rings. The Morgan fingerprint density at radius 1 is 1.03 bits per heavy atom. The van der Waals surface area contributed by atoms with Crippen molar-refractivity contribution in [1.82, 2.24) is 0 Å². The molecule has 154 valence electrons. The van der Waals surface area contributed by atoms with Crippen LogP contribution < -0.4 is 9.47 Å². The molecule has 0 unspecified atom stereocenters. The van der Waals surface area contributed by atoms with Crippen LogP contribution in [0, 0.1) is 5.92 Å². The van der Waals surface area contributed by atoms with Gasteiger partial charge in [-0.25, -0.2) is 0 Å². The molecule has 0 aliphatic rings. The molecule has 0 saturated heterocycles. The zero-order chi connectivity index (χ0) is 21.6. The normalized spacial score (nSPS) is 11.6. The van der Waals surface area contributed by atoms with Crippen LogP contribution in [0.3, 0.4) is 0 Å². The van der Waals surface area contributed by atoms with Crippen molar-refractivity contribution in [3.63, 3.8) is 0 Å². The van der Waals surface area contributed by atoms with Gasteiger partial charge < -0.3 is 24.4 Å². The molecular formula is C22H24O7. The van der Waals surface area contributed by atoms with Crippen molar-refractivity contribution in [2.45, 2.75) is 12.8 Å². The second-order valence-corrected chi connectivity index (χ2v) is 6.44. The summed E-state index contributed by atoms with van der Waals surface area (Å²) in [6.45, 7) is 5.02. The van der Waals surface area contributed by atoms with E-state index in [9.17, 15) is 19.8 Å². The summed E-state index contributed by atoms with van der Waals surface area (Å²) in [5.74, 6) is -1.16. The molecule has 0 heterocycles. The number of aldehydes is 1. The molecule has 0 saturated carbocycles. The molecule has 0 aromatic heterocycles. The highest BCUT2D eigenvalue weighted by Gasteiger charge is 2.30. The minimum absolute atomic E-state index is 0.0379. The van der Waals surface area contributed by atoms with Crippen molar-refractivity contribution >= 4 is 12.3 Å². The lowest BCUT2D eigenvalue weighted by molar-refractivity contribution is -0.142. The number of rotatable bonds is 9. The summed E-state index contributed by atoms with van der Waals surface area (Å²) in [4.78, 5) is 22.9. The van der Waals surface area contributed by atoms with Crippen LogP contribution >= 0.6 is 0 Å². The van der Waals surface area contributed by atoms with E-state index < -0.39 is 17.8 Å². The predicted molar refractivity (Wildman–Crippen MR) is 106 cm³/mol. The lowest BCUT2D eigenvalue weighted by Crippen LogP contribution is -2.23. The number of methoxy groups -OCH3 is 2. The fourth-order valence-corrected chi connectivity index (χ4v) is 3.14. The summed E-state index contributed by atoms with van der Waals surface area (Å²) in [6.07, 6.45) is 0.621. The molecule has 2 rings (SSSR count). The summed E-state index contributed by atoms with van der Waals surface area (Å²) < 4.78 is 15.6. The van der Waals surface area contributed by atoms with E-state index in [-0.39, 0.29) is 35.2 Å². The highest BCUT2D eigenvalue weighted by molar-refractivity contribution is 5.74. The Labute approximate surface area is 169 Å². The van der Waals surface area contributed by atoms with Crippen LogP contribution in [0.2, 0.25) is 0 Å². The van der Waals surface area contributed by atoms with Gasteiger partial charge in [0.15, 0.2) is 23.0 Å². The Morgan fingerprint density at radius 3 is 1.90 bits per heavy atom. The lowest BCUT2D eigenvalue weighted by Gasteiger charge is -2.28. The fourth-order valence-electron chi connectivity index (χ4n) is 3.14. The molecular weight excluding hydrogens is 376 g/mol. The highest BCUT2D eigenvalue weighted by atomic mass is 16.5. The summed E-state index contributed by atoms with van der Waals surface area (Å²) in [7, 11) is 2.86. The monoisotopic (exact) mass is 400 g/mol. The summed E-state index contributed by atoms with van der Waals surface area (Å²) in [5.41, 5.74) is 1.61. The van der Waals surface area contributed by atoms with Gasteiger partial charge in [-0.15, -0.1) is 0 Å². The van der Waals surface area contributed by atoms with Crippen molar-refractivity contribution < 1.29 is 34.0 Å². The number of carbonyl (C=O) groups excluding carboxylic acids is 2. The van der Waals surface area contributed by atoms with Crippen molar-refractivity contribution in [2.24, 2.45) is 5.92 Å². The third kappa shape index (κ3) is 5.07. The number of phenols is 2. The van der Waals surface area contributed by atoms with Crippen LogP contribution in [0.15, 0.2) is 48.6 Å². The van der Waals surface area contributed by atoms with Crippen molar-refractivity contribution in [2.75, 3.05) is 20.8 Å². The minimum Gasteiger partial charge on any atom is -0.504 e. The van der Waals surface area contributed by atoms with E-state index in [0.29, 0.717) is 17.4 Å². The number of esters is 1. The van der Waals surface area contributed by atoms with Gasteiger partial charge in [-0.3, -0.25) is 9.59 Å². The number of carbonyl (C=O) groups is 2. The number of phenolic OH excluding ortho intramolecular Hbond substituents is 2. The van der Waals surface area contributed by atoms with Gasteiger partial charge in [0, 0.05) is 18.8 Å². The van der Waals surface area contributed by atoms with Crippen LogP contribution in [-0.4, -0.2) is 43.3 Å². The van der Waals surface area contributed by atoms with E-state index in [1.807, 2.05) is 0 Å². The molecule has 7 heteroatoms. The maximum Gasteiger partial charge on any atom is 0.302 e. The van der Waals surface area contributed by atoms with Gasteiger partial charge in [-0.1, -0.05) is 18.7 Å². The molecule has 0 fully saturated rings. The quantitative estimate of drug-likeness (QED) is 0.379. The Morgan fingerprint density at radius 2 is 1.52 bits per heavy atom. The maximum absolute atomic E-state index is 11.5. The van der Waals surface area contributed by atoms with Crippen molar-refractivity contribution in [1.29, 1.82) is 0 Å². The standard InChI is InChI=1S/C22H24O7/c1-13(11-23)17(12-29-14(2)24)22(15-5-7-18(25)20(9-15)27-3)16-6-8-19(26)21(10-16)28-4/h5-11,17,22,25-26H,1,12H2,2-4H3/t17-/m0/s1. The second-order valence-electron chi connectivity index (χ2n) is 6.44. The molecule has 7 nitrogen and oxygen atoms in total. The van der Waals surface area contributed by atoms with Crippen molar-refractivity contribution in [3.8, 4) is 23.0 Å². The zero-order valence-electron chi connectivity index (χ0n) is 16.5. The molecule has 2 aromatic carbocycles. The Balaban J connectivity index is 2.67. The number of ether oxygens (including phenoxy) is 3. The van der Waals surface area contributed by atoms with Gasteiger partial charge in [0.2, 0.25) is 0 Å². The first kappa shape index (κ1) is 21.8. The van der Waals surface area contributed by atoms with Crippen LogP contribution in [0.25, 0.3) is 0 Å². The molecule has 0 aliphatic heterocycles. The van der Waals surface area contributed by atoms with Crippen LogP contribution in [0.4, 0.5) is 0 Å². The zero-order valence-corrected chi connectivity index (χ0v) is 16.5. The number of benzene rings is 2. The SMILES string of the molecule is C=C(C=O)[C@H](COC(C)=O)C(c1ccc(O)c(OC)c1)c1ccc(O)c(OC)c1. The first-order valence-corrected chi connectivity index (χ1v) is 8.83. The summed E-state index contributed by atoms with van der Waals surface area (Å²) >= 11 is 0. The Kier molecular flexibility index (Phi) is 7.25. The van der Waals surface area contributed by atoms with E-state index in [1.165, 1.54) is 33.3 Å². The summed E-state index contributed by atoms with van der Waals surface area (Å²) in [6, 6.07) is 9.59. The topological polar surface area (TPSA) is 102 Å². The Hall–Kier alpha value is -3.48. The van der Waals surface area contributed by atoms with E-state index >= 15 is 0 Å². The molecule has 0 spiro atoms. The van der Waals surface area contributed by atoms with Crippen molar-refractivity contribution in [3.05, 3.63) is 59.7 Å². The van der Waals surface area contributed by atoms with E-state index in [1.54, 1.807) is 24.3 Å². The molecule has 1 atom stereocenters. The van der Waals surface area contributed by atoms with Crippen LogP contribution in [0.1, 0.15) is 24.0 Å². The van der Waals surface area contributed by atoms with Crippen LogP contribution in [-0.2, 0) is 14.3 Å². The van der Waals surface area contributed by atoms with E-state index in [2.05, 4.69) is 6.58 Å². The molecule has 0 amide bonds. The third-order valence-electron chi connectivity index (χ3n) is 4.62. The number of hydrogen-bond donors (Lipinski definition) is 2. The van der Waals surface area contributed by atoms with Gasteiger partial charge in [-0.2, -0.15) is 0 Å². The number of hydrogen-bond acceptors (Lipinski definition) is 7. The van der Waals surface area contributed by atoms with E-state index in [4.69, 9.17) is 14.2 Å². The van der Waals surface area contributed by atoms with Gasteiger partial charge in [-0.05, 0) is 41.0 Å². The van der Waals surface area contributed by atoms with Crippen LogP contribution in [0.5, 0.6) is 23.0 Å². The molecule has 0 bridgehead atoms. The average molecular weight is 400 g/mol. The summed E-state index contributed by atoms with van der Waals surface area (Å²) in [5, 5.41) is 19.9. The first-order chi connectivity index (χ1) is 13.8. The highest BCUT2D eigenvalue weighted by Crippen LogP contribution is 2.41. The van der Waals surface area contributed by atoms with E-state index in [0.717, 1.165) is 0 Å². The molecule has 2 N–H and O–H groups in total. The molecule has 0 radical (unpaired) electrons. The minimum atomic E-state index is -0.597. The fraction of sp³-hybridized carbons (Fsp3) is 0.273. The van der Waals surface area contributed by atoms with Gasteiger partial charge >= 0.3 is 5.97 Å². The largest absolute Gasteiger partial charge is 0.504 e. The first-order valence-electron chi connectivity index (χ1n) is 8.83. The third-order valence-corrected chi connectivity index (χ3v) is 4.62. The van der Waals surface area contributed by atoms with Gasteiger partial charge in [0.1, 0.15) is 6.29 Å². The molecule has 0 aliphatic carbocycles. The van der Waals surface area contributed by atoms with Gasteiger partial charge in [0.05, 0.1) is 20.8 Å². The smallest absolute Gasteiger partial charge is 0.302 e. The Bertz CT molecular complexity index is 851. The maximum atomic E-state index is 11.5. The molecule has 29 heavy (non-hydrogen) atoms.